The molecular formula is C18H17Cl2N3OS. The highest BCUT2D eigenvalue weighted by Crippen LogP contribution is 2.38. The summed E-state index contributed by atoms with van der Waals surface area (Å²) in [4.78, 5) is 13.5. The first-order valence-corrected chi connectivity index (χ1v) is 9.59. The van der Waals surface area contributed by atoms with Crippen LogP contribution in [0.25, 0.3) is 0 Å². The predicted octanol–water partition coefficient (Wildman–Crippen LogP) is 4.70. The number of amides is 1. The molecule has 0 aliphatic heterocycles. The van der Waals surface area contributed by atoms with E-state index < -0.39 is 0 Å². The van der Waals surface area contributed by atoms with Crippen molar-refractivity contribution in [2.45, 2.75) is 32.2 Å². The van der Waals surface area contributed by atoms with Crippen LogP contribution in [-0.4, -0.2) is 12.5 Å². The molecule has 1 aromatic heterocycles. The summed E-state index contributed by atoms with van der Waals surface area (Å²) in [5.74, 6) is -0.173. The van der Waals surface area contributed by atoms with Crippen LogP contribution in [0.15, 0.2) is 18.2 Å². The van der Waals surface area contributed by atoms with Gasteiger partial charge in [-0.3, -0.25) is 4.79 Å². The van der Waals surface area contributed by atoms with Crippen molar-refractivity contribution in [1.29, 1.82) is 5.26 Å². The maximum absolute atomic E-state index is 12.3. The Labute approximate surface area is 160 Å². The molecule has 0 saturated heterocycles. The number of carbonyl (C=O) groups excluding carboxylic acids is 1. The molecular weight excluding hydrogens is 377 g/mol. The monoisotopic (exact) mass is 393 g/mol. The number of aryl methyl sites for hydroxylation is 1. The van der Waals surface area contributed by atoms with Crippen LogP contribution in [0, 0.1) is 11.3 Å². The summed E-state index contributed by atoms with van der Waals surface area (Å²) in [7, 11) is 0. The van der Waals surface area contributed by atoms with Crippen LogP contribution < -0.4 is 10.6 Å². The highest BCUT2D eigenvalue weighted by molar-refractivity contribution is 7.16. The number of benzene rings is 1. The highest BCUT2D eigenvalue weighted by atomic mass is 35.5. The quantitative estimate of drug-likeness (QED) is 0.772. The van der Waals surface area contributed by atoms with Gasteiger partial charge >= 0.3 is 0 Å². The lowest BCUT2D eigenvalue weighted by Gasteiger charge is -2.15. The fourth-order valence-electron chi connectivity index (χ4n) is 2.99. The number of hydrogen-bond acceptors (Lipinski definition) is 4. The van der Waals surface area contributed by atoms with Crippen molar-refractivity contribution in [2.24, 2.45) is 0 Å². The second kappa shape index (κ2) is 7.76. The van der Waals surface area contributed by atoms with Crippen LogP contribution in [0.2, 0.25) is 10.0 Å². The van der Waals surface area contributed by atoms with Crippen molar-refractivity contribution in [3.8, 4) is 6.07 Å². The van der Waals surface area contributed by atoms with Crippen LogP contribution in [-0.2, 0) is 17.6 Å². The standard InChI is InChI=1S/C18H17Cl2N3OS/c1-10(12-6-5-11(19)7-15(12)20)22-9-17(24)23-18-14(8-21)13-3-2-4-16(13)25-18/h5-7,10,22H,2-4,9H2,1H3,(H,23,24)/t10-/m1/s1. The summed E-state index contributed by atoms with van der Waals surface area (Å²) in [5.41, 5.74) is 2.61. The Morgan fingerprint density at radius 1 is 1.40 bits per heavy atom. The highest BCUT2D eigenvalue weighted by Gasteiger charge is 2.23. The van der Waals surface area contributed by atoms with E-state index in [1.165, 1.54) is 16.2 Å². The number of rotatable bonds is 5. The van der Waals surface area contributed by atoms with E-state index >= 15 is 0 Å². The summed E-state index contributed by atoms with van der Waals surface area (Å²) < 4.78 is 0. The van der Waals surface area contributed by atoms with Crippen LogP contribution in [0.4, 0.5) is 5.00 Å². The van der Waals surface area contributed by atoms with E-state index in [1.54, 1.807) is 12.1 Å². The van der Waals surface area contributed by atoms with Crippen molar-refractivity contribution in [3.63, 3.8) is 0 Å². The molecule has 1 aliphatic carbocycles. The van der Waals surface area contributed by atoms with Crippen LogP contribution in [0.1, 0.15) is 41.0 Å². The molecule has 4 nitrogen and oxygen atoms in total. The molecule has 1 atom stereocenters. The fraction of sp³-hybridized carbons (Fsp3) is 0.333. The van der Waals surface area contributed by atoms with Gasteiger partial charge in [0.25, 0.3) is 0 Å². The zero-order valence-corrected chi connectivity index (χ0v) is 16.0. The van der Waals surface area contributed by atoms with Gasteiger partial charge in [0.15, 0.2) is 0 Å². The topological polar surface area (TPSA) is 64.9 Å². The Kier molecular flexibility index (Phi) is 5.65. The van der Waals surface area contributed by atoms with Crippen molar-refractivity contribution >= 4 is 45.4 Å². The lowest BCUT2D eigenvalue weighted by Crippen LogP contribution is -2.30. The number of nitrogens with zero attached hydrogens (tertiary/aromatic N) is 1. The molecule has 1 heterocycles. The van der Waals surface area contributed by atoms with Gasteiger partial charge in [0.05, 0.1) is 12.1 Å². The molecule has 0 unspecified atom stereocenters. The minimum atomic E-state index is -0.173. The first kappa shape index (κ1) is 18.2. The number of hydrogen-bond donors (Lipinski definition) is 2. The van der Waals surface area contributed by atoms with Crippen LogP contribution in [0.5, 0.6) is 0 Å². The summed E-state index contributed by atoms with van der Waals surface area (Å²) in [6.07, 6.45) is 3.01. The Hall–Kier alpha value is -1.58. The van der Waals surface area contributed by atoms with Gasteiger partial charge in [0.1, 0.15) is 11.1 Å². The molecule has 2 aromatic rings. The Morgan fingerprint density at radius 3 is 2.92 bits per heavy atom. The number of halogens is 2. The Morgan fingerprint density at radius 2 is 2.20 bits per heavy atom. The minimum Gasteiger partial charge on any atom is -0.315 e. The number of fused-ring (bicyclic) bond motifs is 1. The van der Waals surface area contributed by atoms with Crippen LogP contribution in [0.3, 0.4) is 0 Å². The SMILES string of the molecule is C[C@@H](NCC(=O)Nc1sc2c(c1C#N)CCC2)c1ccc(Cl)cc1Cl. The molecule has 3 rings (SSSR count). The first-order valence-electron chi connectivity index (χ1n) is 8.02. The molecule has 2 N–H and O–H groups in total. The zero-order valence-electron chi connectivity index (χ0n) is 13.7. The second-order valence-electron chi connectivity index (χ2n) is 5.99. The van der Waals surface area contributed by atoms with Gasteiger partial charge in [0.2, 0.25) is 5.91 Å². The second-order valence-corrected chi connectivity index (χ2v) is 7.94. The molecule has 7 heteroatoms. The molecule has 0 bridgehead atoms. The summed E-state index contributed by atoms with van der Waals surface area (Å²) in [5, 5.41) is 17.2. The van der Waals surface area contributed by atoms with Crippen molar-refractivity contribution < 1.29 is 4.79 Å². The van der Waals surface area contributed by atoms with Crippen LogP contribution >= 0.6 is 34.5 Å². The molecule has 25 heavy (non-hydrogen) atoms. The number of anilines is 1. The molecule has 0 saturated carbocycles. The lowest BCUT2D eigenvalue weighted by molar-refractivity contribution is -0.115. The fourth-order valence-corrected chi connectivity index (χ4v) is 4.82. The van der Waals surface area contributed by atoms with E-state index in [2.05, 4.69) is 16.7 Å². The molecule has 0 fully saturated rings. The van der Waals surface area contributed by atoms with Gasteiger partial charge in [-0.05, 0) is 49.4 Å². The maximum Gasteiger partial charge on any atom is 0.238 e. The first-order chi connectivity index (χ1) is 12.0. The molecule has 1 aliphatic rings. The summed E-state index contributed by atoms with van der Waals surface area (Å²) >= 11 is 13.6. The van der Waals surface area contributed by atoms with E-state index in [-0.39, 0.29) is 18.5 Å². The lowest BCUT2D eigenvalue weighted by atomic mass is 10.1. The van der Waals surface area contributed by atoms with Crippen molar-refractivity contribution in [1.82, 2.24) is 5.32 Å². The van der Waals surface area contributed by atoms with E-state index in [1.807, 2.05) is 13.0 Å². The van der Waals surface area contributed by atoms with Crippen molar-refractivity contribution in [2.75, 3.05) is 11.9 Å². The molecule has 0 spiro atoms. The normalized spacial score (nSPS) is 14.0. The van der Waals surface area contributed by atoms with Gasteiger partial charge in [-0.25, -0.2) is 0 Å². The predicted molar refractivity (Wildman–Crippen MR) is 103 cm³/mol. The van der Waals surface area contributed by atoms with Gasteiger partial charge in [-0.15, -0.1) is 11.3 Å². The van der Waals surface area contributed by atoms with E-state index in [0.29, 0.717) is 20.6 Å². The summed E-state index contributed by atoms with van der Waals surface area (Å²) in [6.45, 7) is 2.07. The molecule has 1 amide bonds. The maximum atomic E-state index is 12.3. The third kappa shape index (κ3) is 3.99. The largest absolute Gasteiger partial charge is 0.315 e. The zero-order chi connectivity index (χ0) is 18.0. The summed E-state index contributed by atoms with van der Waals surface area (Å²) in [6, 6.07) is 7.43. The smallest absolute Gasteiger partial charge is 0.238 e. The third-order valence-electron chi connectivity index (χ3n) is 4.28. The molecule has 1 aromatic carbocycles. The molecule has 0 radical (unpaired) electrons. The number of nitriles is 1. The van der Waals surface area contributed by atoms with Gasteiger partial charge in [-0.1, -0.05) is 29.3 Å². The Bertz CT molecular complexity index is 857. The van der Waals surface area contributed by atoms with E-state index in [9.17, 15) is 10.1 Å². The average Bonchev–Trinajstić information content (AvgIpc) is 3.13. The van der Waals surface area contributed by atoms with Crippen molar-refractivity contribution in [3.05, 3.63) is 49.8 Å². The van der Waals surface area contributed by atoms with E-state index in [4.69, 9.17) is 23.2 Å². The average molecular weight is 394 g/mol. The minimum absolute atomic E-state index is 0.0979. The van der Waals surface area contributed by atoms with E-state index in [0.717, 1.165) is 30.4 Å². The van der Waals surface area contributed by atoms with Gasteiger partial charge < -0.3 is 10.6 Å². The number of thiophene rings is 1. The number of nitrogens with one attached hydrogen (secondary N) is 2. The van der Waals surface area contributed by atoms with Gasteiger partial charge in [-0.2, -0.15) is 5.26 Å². The molecule has 130 valence electrons. The van der Waals surface area contributed by atoms with Gasteiger partial charge in [0, 0.05) is 21.0 Å². The number of carbonyl (C=O) groups is 1. The Balaban J connectivity index is 1.61. The third-order valence-corrected chi connectivity index (χ3v) is 6.05.